The zero-order valence-electron chi connectivity index (χ0n) is 39.8. The van der Waals surface area contributed by atoms with Crippen molar-refractivity contribution in [1.82, 2.24) is 5.32 Å². The minimum absolute atomic E-state index is 0.0610. The van der Waals surface area contributed by atoms with Gasteiger partial charge >= 0.3 is 5.97 Å². The lowest BCUT2D eigenvalue weighted by molar-refractivity contribution is -0.151. The van der Waals surface area contributed by atoms with Crippen LogP contribution in [-0.2, 0) is 14.3 Å². The summed E-state index contributed by atoms with van der Waals surface area (Å²) in [5.41, 5.74) is 0. The number of allylic oxidation sites excluding steroid dienone is 8. The Labute approximate surface area is 372 Å². The molecule has 0 aromatic carbocycles. The zero-order chi connectivity index (χ0) is 43.8. The van der Waals surface area contributed by atoms with Crippen LogP contribution in [0.5, 0.6) is 0 Å². The van der Waals surface area contributed by atoms with E-state index in [-0.39, 0.29) is 24.9 Å². The molecule has 0 saturated carbocycles. The van der Waals surface area contributed by atoms with Crippen LogP contribution in [0.25, 0.3) is 0 Å². The maximum Gasteiger partial charge on any atom is 0.306 e. The van der Waals surface area contributed by atoms with E-state index in [4.69, 9.17) is 4.74 Å². The minimum atomic E-state index is -0.793. The molecule has 0 aromatic heterocycles. The Morgan fingerprint density at radius 1 is 0.500 bits per heavy atom. The lowest BCUT2D eigenvalue weighted by Crippen LogP contribution is -2.46. The van der Waals surface area contributed by atoms with Gasteiger partial charge in [-0.1, -0.05) is 217 Å². The van der Waals surface area contributed by atoms with Crippen LogP contribution in [0, 0.1) is 0 Å². The topological polar surface area (TPSA) is 95.9 Å². The first-order valence-electron chi connectivity index (χ1n) is 25.9. The highest BCUT2D eigenvalue weighted by atomic mass is 16.5. The third-order valence-electron chi connectivity index (χ3n) is 11.6. The highest BCUT2D eigenvalue weighted by Crippen LogP contribution is 2.18. The maximum atomic E-state index is 13.2. The first-order chi connectivity index (χ1) is 29.5. The van der Waals surface area contributed by atoms with Crippen molar-refractivity contribution in [2.45, 2.75) is 277 Å². The number of aliphatic hydroxyl groups excluding tert-OH is 2. The van der Waals surface area contributed by atoms with E-state index < -0.39 is 18.2 Å². The molecule has 0 spiro atoms. The fraction of sp³-hybridized carbons (Fsp3) is 0.815. The first-order valence-corrected chi connectivity index (χ1v) is 25.9. The number of aliphatic hydroxyl groups is 2. The zero-order valence-corrected chi connectivity index (χ0v) is 39.8. The van der Waals surface area contributed by atoms with E-state index in [9.17, 15) is 19.8 Å². The first kappa shape index (κ1) is 57.8. The normalized spacial score (nSPS) is 13.6. The summed E-state index contributed by atoms with van der Waals surface area (Å²) in [6.07, 6.45) is 57.6. The summed E-state index contributed by atoms with van der Waals surface area (Å²) in [5.74, 6) is -0.504. The molecule has 6 heteroatoms. The van der Waals surface area contributed by atoms with Crippen LogP contribution in [0.15, 0.2) is 48.6 Å². The molecule has 60 heavy (non-hydrogen) atoms. The van der Waals surface area contributed by atoms with E-state index in [2.05, 4.69) is 74.7 Å². The van der Waals surface area contributed by atoms with Gasteiger partial charge in [0.15, 0.2) is 0 Å². The molecule has 6 nitrogen and oxygen atoms in total. The SMILES string of the molecule is CC/C=C/C/C=C/C/C=C/CCCCCCCCC(=O)OC(CCCCC/C=C\CCC)CC(=O)NC(CO)C(O)CCCCCCCCCCCCCCCCCCC. The fourth-order valence-corrected chi connectivity index (χ4v) is 7.74. The Bertz CT molecular complexity index is 1040. The molecule has 0 rings (SSSR count). The van der Waals surface area contributed by atoms with Crippen LogP contribution in [0.3, 0.4) is 0 Å². The van der Waals surface area contributed by atoms with Crippen molar-refractivity contribution in [3.8, 4) is 0 Å². The molecule has 0 saturated heterocycles. The lowest BCUT2D eigenvalue weighted by Gasteiger charge is -2.24. The Hall–Kier alpha value is -2.18. The molecular formula is C54H99NO5. The molecule has 1 amide bonds. The van der Waals surface area contributed by atoms with Gasteiger partial charge in [-0.3, -0.25) is 9.59 Å². The summed E-state index contributed by atoms with van der Waals surface area (Å²) in [7, 11) is 0. The summed E-state index contributed by atoms with van der Waals surface area (Å²) >= 11 is 0. The van der Waals surface area contributed by atoms with Gasteiger partial charge in [0, 0.05) is 6.42 Å². The van der Waals surface area contributed by atoms with E-state index in [1.54, 1.807) is 0 Å². The van der Waals surface area contributed by atoms with Crippen molar-refractivity contribution in [3.63, 3.8) is 0 Å². The van der Waals surface area contributed by atoms with E-state index in [1.807, 2.05) is 0 Å². The molecule has 0 radical (unpaired) electrons. The number of carbonyl (C=O) groups is 2. The van der Waals surface area contributed by atoms with Gasteiger partial charge < -0.3 is 20.3 Å². The summed E-state index contributed by atoms with van der Waals surface area (Å²) in [6, 6.07) is -0.707. The second kappa shape index (κ2) is 47.9. The summed E-state index contributed by atoms with van der Waals surface area (Å²) < 4.78 is 5.89. The van der Waals surface area contributed by atoms with Crippen molar-refractivity contribution in [1.29, 1.82) is 0 Å². The number of rotatable bonds is 46. The van der Waals surface area contributed by atoms with E-state index in [0.717, 1.165) is 103 Å². The van der Waals surface area contributed by atoms with Crippen molar-refractivity contribution < 1.29 is 24.5 Å². The van der Waals surface area contributed by atoms with Gasteiger partial charge in [0.2, 0.25) is 5.91 Å². The molecule has 0 aliphatic heterocycles. The minimum Gasteiger partial charge on any atom is -0.462 e. The van der Waals surface area contributed by atoms with Gasteiger partial charge in [-0.05, 0) is 77.0 Å². The quantitative estimate of drug-likeness (QED) is 0.0322. The highest BCUT2D eigenvalue weighted by Gasteiger charge is 2.24. The average molecular weight is 842 g/mol. The molecule has 0 aliphatic rings. The fourth-order valence-electron chi connectivity index (χ4n) is 7.74. The molecule has 0 heterocycles. The van der Waals surface area contributed by atoms with Crippen LogP contribution < -0.4 is 5.32 Å². The Balaban J connectivity index is 4.39. The van der Waals surface area contributed by atoms with Crippen LogP contribution in [0.4, 0.5) is 0 Å². The van der Waals surface area contributed by atoms with Crippen molar-refractivity contribution in [2.75, 3.05) is 6.61 Å². The predicted octanol–water partition coefficient (Wildman–Crippen LogP) is 15.5. The Morgan fingerprint density at radius 3 is 1.47 bits per heavy atom. The molecule has 3 N–H and O–H groups in total. The summed E-state index contributed by atoms with van der Waals surface area (Å²) in [5, 5.41) is 23.7. The van der Waals surface area contributed by atoms with Crippen molar-refractivity contribution in [2.24, 2.45) is 0 Å². The summed E-state index contributed by atoms with van der Waals surface area (Å²) in [4.78, 5) is 26.0. The molecule has 3 atom stereocenters. The van der Waals surface area contributed by atoms with Crippen LogP contribution in [0.1, 0.15) is 258 Å². The van der Waals surface area contributed by atoms with Crippen LogP contribution in [0.2, 0.25) is 0 Å². The molecule has 350 valence electrons. The molecule has 0 aliphatic carbocycles. The number of ether oxygens (including phenoxy) is 1. The molecule has 0 bridgehead atoms. The number of nitrogens with one attached hydrogen (secondary N) is 1. The van der Waals surface area contributed by atoms with Gasteiger partial charge in [0.05, 0.1) is 25.2 Å². The van der Waals surface area contributed by atoms with Gasteiger partial charge in [-0.25, -0.2) is 0 Å². The number of carbonyl (C=O) groups excluding carboxylic acids is 2. The smallest absolute Gasteiger partial charge is 0.306 e. The van der Waals surface area contributed by atoms with Gasteiger partial charge in [0.1, 0.15) is 6.10 Å². The molecule has 0 fully saturated rings. The highest BCUT2D eigenvalue weighted by molar-refractivity contribution is 5.77. The van der Waals surface area contributed by atoms with Gasteiger partial charge in [0.25, 0.3) is 0 Å². The summed E-state index contributed by atoms with van der Waals surface area (Å²) in [6.45, 7) is 6.31. The third kappa shape index (κ3) is 42.5. The number of unbranched alkanes of at least 4 members (excludes halogenated alkanes) is 26. The Kier molecular flexibility index (Phi) is 46.1. The number of hydrogen-bond donors (Lipinski definition) is 3. The molecule has 0 aromatic rings. The second-order valence-corrected chi connectivity index (χ2v) is 17.5. The van der Waals surface area contributed by atoms with E-state index >= 15 is 0 Å². The molecular weight excluding hydrogens is 743 g/mol. The third-order valence-corrected chi connectivity index (χ3v) is 11.6. The molecule has 3 unspecified atom stereocenters. The van der Waals surface area contributed by atoms with Gasteiger partial charge in [-0.15, -0.1) is 0 Å². The van der Waals surface area contributed by atoms with Gasteiger partial charge in [-0.2, -0.15) is 0 Å². The largest absolute Gasteiger partial charge is 0.462 e. The average Bonchev–Trinajstić information content (AvgIpc) is 3.24. The van der Waals surface area contributed by atoms with Crippen LogP contribution in [-0.4, -0.2) is 46.9 Å². The maximum absolute atomic E-state index is 13.2. The van der Waals surface area contributed by atoms with Crippen LogP contribution >= 0.6 is 0 Å². The number of amides is 1. The number of hydrogen-bond acceptors (Lipinski definition) is 5. The second-order valence-electron chi connectivity index (χ2n) is 17.5. The lowest BCUT2D eigenvalue weighted by atomic mass is 10.0. The number of esters is 1. The van der Waals surface area contributed by atoms with E-state index in [1.165, 1.54) is 109 Å². The Morgan fingerprint density at radius 2 is 0.933 bits per heavy atom. The van der Waals surface area contributed by atoms with Crippen molar-refractivity contribution in [3.05, 3.63) is 48.6 Å². The van der Waals surface area contributed by atoms with Crippen molar-refractivity contribution >= 4 is 11.9 Å². The standard InChI is InChI=1S/C54H99NO5/c1-4-7-10-13-16-19-21-23-25-27-28-30-32-34-37-40-43-46-52(57)51(49-56)55-53(58)48-50(45-42-39-36-18-15-12-9-6-3)60-54(59)47-44-41-38-35-33-31-29-26-24-22-20-17-14-11-8-5-2/h8,11-12,15,17,20,24,26,50-52,56-57H,4-7,9-10,13-14,16,18-19,21-23,25,27-49H2,1-3H3,(H,55,58)/b11-8+,15-12-,20-17+,26-24+. The van der Waals surface area contributed by atoms with E-state index in [0.29, 0.717) is 19.3 Å². The predicted molar refractivity (Wildman–Crippen MR) is 259 cm³/mol. The monoisotopic (exact) mass is 842 g/mol.